The molecule has 0 spiro atoms. The lowest BCUT2D eigenvalue weighted by molar-refractivity contribution is 0.101. The second-order valence-corrected chi connectivity index (χ2v) is 3.34. The summed E-state index contributed by atoms with van der Waals surface area (Å²) < 4.78 is 4.60. The van der Waals surface area contributed by atoms with Crippen LogP contribution in [0.25, 0.3) is 0 Å². The smallest absolute Gasteiger partial charge is 0.277 e. The molecule has 1 heterocycles. The van der Waals surface area contributed by atoms with Crippen LogP contribution in [-0.2, 0) is 0 Å². The largest absolute Gasteiger partial charge is 0.384 e. The average molecular weight is 242 g/mol. The summed E-state index contributed by atoms with van der Waals surface area (Å²) in [5.41, 5.74) is 1.38. The first-order valence-electron chi connectivity index (χ1n) is 5.22. The van der Waals surface area contributed by atoms with E-state index in [1.54, 1.807) is 24.3 Å². The molecule has 0 unspecified atom stereocenters. The molecule has 5 nitrogen and oxygen atoms in total. The molecule has 0 radical (unpaired) electrons. The van der Waals surface area contributed by atoms with E-state index in [1.165, 1.54) is 12.3 Å². The monoisotopic (exact) mass is 242 g/mol. The second kappa shape index (κ2) is 5.66. The number of para-hydroxylation sites is 1. The van der Waals surface area contributed by atoms with E-state index in [4.69, 9.17) is 5.11 Å². The lowest BCUT2D eigenvalue weighted by Gasteiger charge is -2.05. The highest BCUT2D eigenvalue weighted by molar-refractivity contribution is 6.03. The zero-order chi connectivity index (χ0) is 12.8. The van der Waals surface area contributed by atoms with Crippen molar-refractivity contribution >= 4 is 11.6 Å². The number of carbonyl (C=O) groups excluding carboxylic acids is 1. The van der Waals surface area contributed by atoms with Gasteiger partial charge in [-0.15, -0.1) is 0 Å². The van der Waals surface area contributed by atoms with Crippen LogP contribution in [-0.4, -0.2) is 22.8 Å². The van der Waals surface area contributed by atoms with Gasteiger partial charge in [-0.05, 0) is 12.1 Å². The van der Waals surface area contributed by atoms with Gasteiger partial charge in [0.1, 0.15) is 12.9 Å². The summed E-state index contributed by atoms with van der Waals surface area (Å²) in [7, 11) is 0. The van der Waals surface area contributed by atoms with Gasteiger partial charge in [0.05, 0.1) is 5.69 Å². The number of benzene rings is 1. The zero-order valence-corrected chi connectivity index (χ0v) is 9.38. The van der Waals surface area contributed by atoms with Gasteiger partial charge in [-0.25, -0.2) is 0 Å². The topological polar surface area (TPSA) is 75.4 Å². The Morgan fingerprint density at radius 3 is 2.94 bits per heavy atom. The third-order valence-corrected chi connectivity index (χ3v) is 2.15. The van der Waals surface area contributed by atoms with Crippen LogP contribution in [0.2, 0.25) is 0 Å². The standard InChI is InChI=1S/C13H10N2O3/c16-8-3-5-10-4-1-2-6-11(10)14-13(17)12-7-9-18-15-12/h1-2,4,6-7,9,16H,8H2,(H,14,17). The highest BCUT2D eigenvalue weighted by atomic mass is 16.5. The molecule has 1 amide bonds. The Balaban J connectivity index is 2.21. The molecule has 5 heteroatoms. The van der Waals surface area contributed by atoms with Crippen molar-refractivity contribution in [2.24, 2.45) is 0 Å². The van der Waals surface area contributed by atoms with Crippen molar-refractivity contribution in [1.82, 2.24) is 5.16 Å². The Hall–Kier alpha value is -2.58. The maximum atomic E-state index is 11.8. The minimum absolute atomic E-state index is 0.194. The van der Waals surface area contributed by atoms with Gasteiger partial charge in [-0.1, -0.05) is 29.1 Å². The van der Waals surface area contributed by atoms with Gasteiger partial charge in [0, 0.05) is 11.6 Å². The fourth-order valence-electron chi connectivity index (χ4n) is 1.35. The number of aliphatic hydroxyl groups excluding tert-OH is 1. The third kappa shape index (κ3) is 2.75. The third-order valence-electron chi connectivity index (χ3n) is 2.15. The molecule has 0 saturated heterocycles. The van der Waals surface area contributed by atoms with Gasteiger partial charge in [-0.3, -0.25) is 4.79 Å². The molecule has 2 aromatic rings. The van der Waals surface area contributed by atoms with Crippen molar-refractivity contribution in [2.45, 2.75) is 0 Å². The summed E-state index contributed by atoms with van der Waals surface area (Å²) >= 11 is 0. The Labute approximate surface area is 103 Å². The van der Waals surface area contributed by atoms with Gasteiger partial charge in [-0.2, -0.15) is 0 Å². The first-order chi connectivity index (χ1) is 8.81. The molecule has 0 fully saturated rings. The maximum absolute atomic E-state index is 11.8. The van der Waals surface area contributed by atoms with Crippen molar-refractivity contribution in [3.05, 3.63) is 47.9 Å². The van der Waals surface area contributed by atoms with Crippen LogP contribution in [0.5, 0.6) is 0 Å². The molecular formula is C13H10N2O3. The second-order valence-electron chi connectivity index (χ2n) is 3.34. The number of aliphatic hydroxyl groups is 1. The normalized spacial score (nSPS) is 9.39. The summed E-state index contributed by atoms with van der Waals surface area (Å²) in [4.78, 5) is 11.8. The van der Waals surface area contributed by atoms with E-state index in [0.717, 1.165) is 0 Å². The predicted molar refractivity (Wildman–Crippen MR) is 64.9 cm³/mol. The van der Waals surface area contributed by atoms with Crippen molar-refractivity contribution in [1.29, 1.82) is 0 Å². The minimum Gasteiger partial charge on any atom is -0.384 e. The maximum Gasteiger partial charge on any atom is 0.277 e. The Morgan fingerprint density at radius 2 is 2.22 bits per heavy atom. The van der Waals surface area contributed by atoms with Gasteiger partial charge in [0.2, 0.25) is 0 Å². The molecule has 0 bridgehead atoms. The molecule has 1 aromatic carbocycles. The van der Waals surface area contributed by atoms with Crippen LogP contribution in [0.3, 0.4) is 0 Å². The van der Waals surface area contributed by atoms with Crippen LogP contribution >= 0.6 is 0 Å². The summed E-state index contributed by atoms with van der Waals surface area (Å²) in [5.74, 6) is 4.91. The average Bonchev–Trinajstić information content (AvgIpc) is 2.91. The quantitative estimate of drug-likeness (QED) is 0.778. The fourth-order valence-corrected chi connectivity index (χ4v) is 1.35. The van der Waals surface area contributed by atoms with Crippen LogP contribution in [0.4, 0.5) is 5.69 Å². The lowest BCUT2D eigenvalue weighted by atomic mass is 10.2. The van der Waals surface area contributed by atoms with E-state index in [1.807, 2.05) is 0 Å². The minimum atomic E-state index is -0.373. The Kier molecular flexibility index (Phi) is 3.74. The number of aromatic nitrogens is 1. The number of anilines is 1. The summed E-state index contributed by atoms with van der Waals surface area (Å²) in [6.45, 7) is -0.231. The molecule has 0 saturated carbocycles. The number of nitrogens with one attached hydrogen (secondary N) is 1. The molecule has 2 N–H and O–H groups in total. The van der Waals surface area contributed by atoms with Crippen molar-refractivity contribution in [3.8, 4) is 11.8 Å². The van der Waals surface area contributed by atoms with Gasteiger partial charge >= 0.3 is 0 Å². The highest BCUT2D eigenvalue weighted by Crippen LogP contribution is 2.14. The van der Waals surface area contributed by atoms with Crippen molar-refractivity contribution in [3.63, 3.8) is 0 Å². The van der Waals surface area contributed by atoms with E-state index >= 15 is 0 Å². The molecule has 0 aliphatic heterocycles. The molecule has 0 atom stereocenters. The number of carbonyl (C=O) groups is 1. The van der Waals surface area contributed by atoms with E-state index in [2.05, 4.69) is 26.8 Å². The van der Waals surface area contributed by atoms with Gasteiger partial charge < -0.3 is 14.9 Å². The molecule has 1 aromatic heterocycles. The Morgan fingerprint density at radius 1 is 1.39 bits per heavy atom. The SMILES string of the molecule is O=C(Nc1ccccc1C#CCO)c1ccon1. The van der Waals surface area contributed by atoms with Gasteiger partial charge in [0.15, 0.2) is 5.69 Å². The Bertz CT molecular complexity index is 594. The van der Waals surface area contributed by atoms with Crippen molar-refractivity contribution < 1.29 is 14.4 Å². The number of hydrogen-bond acceptors (Lipinski definition) is 4. The van der Waals surface area contributed by atoms with Gasteiger partial charge in [0.25, 0.3) is 5.91 Å². The number of rotatable bonds is 2. The molecule has 0 aliphatic carbocycles. The summed E-state index contributed by atoms with van der Waals surface area (Å²) in [5, 5.41) is 14.9. The molecule has 2 rings (SSSR count). The summed E-state index contributed by atoms with van der Waals surface area (Å²) in [6, 6.07) is 8.52. The van der Waals surface area contributed by atoms with E-state index in [-0.39, 0.29) is 18.2 Å². The van der Waals surface area contributed by atoms with Crippen LogP contribution < -0.4 is 5.32 Å². The summed E-state index contributed by atoms with van der Waals surface area (Å²) in [6.07, 6.45) is 1.33. The van der Waals surface area contributed by atoms with E-state index in [0.29, 0.717) is 11.3 Å². The van der Waals surface area contributed by atoms with E-state index in [9.17, 15) is 4.79 Å². The van der Waals surface area contributed by atoms with Crippen LogP contribution in [0, 0.1) is 11.8 Å². The highest BCUT2D eigenvalue weighted by Gasteiger charge is 2.10. The number of amides is 1. The molecule has 0 aliphatic rings. The first-order valence-corrected chi connectivity index (χ1v) is 5.22. The fraction of sp³-hybridized carbons (Fsp3) is 0.0769. The van der Waals surface area contributed by atoms with Crippen molar-refractivity contribution in [2.75, 3.05) is 11.9 Å². The number of nitrogens with zero attached hydrogens (tertiary/aromatic N) is 1. The van der Waals surface area contributed by atoms with Crippen LogP contribution in [0.15, 0.2) is 41.1 Å². The molecular weight excluding hydrogens is 232 g/mol. The first kappa shape index (κ1) is 11.9. The predicted octanol–water partition coefficient (Wildman–Crippen LogP) is 1.27. The number of hydrogen-bond donors (Lipinski definition) is 2. The van der Waals surface area contributed by atoms with E-state index < -0.39 is 0 Å². The zero-order valence-electron chi connectivity index (χ0n) is 9.38. The molecule has 18 heavy (non-hydrogen) atoms. The lowest BCUT2D eigenvalue weighted by Crippen LogP contribution is -2.13. The molecule has 90 valence electrons. The van der Waals surface area contributed by atoms with Crippen LogP contribution in [0.1, 0.15) is 16.1 Å².